The zero-order valence-electron chi connectivity index (χ0n) is 50.4. The Morgan fingerprint density at radius 1 is 0.775 bits per heavy atom. The number of thiol groups is 1. The first-order valence-corrected chi connectivity index (χ1v) is 30.9. The van der Waals surface area contributed by atoms with Crippen LogP contribution in [0.1, 0.15) is 76.8 Å². The standard InChI is InChI=1S/C58H82N14O15S2/c1-6-32(2)52(70-50(81)29-63-54(84)43(22-40-39-11-7-8-12-41(39)69-57(40)89-5)68-55(85)42(21-38(75)31-74)59-25-37-10-9-18-71(37)4)56(86)64-26-47(78)62-28-49(80)66-36(30-73)20-46(77)60-24-34-13-15-35(16-14-34)67-53(83)33(3)65-48(79)27-61-45(76)17-19-72-51(82)23-44(88)58(72)87/h7-8,11-16,30,32-33,36-38,42-44,52,59,69,74-75,88H,6,9-10,17-29,31H2,1-5H3,(H,60,77)(H,61,76)(H,62,78)(H,63,84)(H,64,86)(H,65,79)(H,66,80)(H,67,83)(H,68,85)(H,70,81)/t32-,33-,36-,37-,38+,42-,43-,44?,52-/m0/s1. The number of imide groups is 1. The largest absolute Gasteiger partial charge is 0.394 e. The Morgan fingerprint density at radius 3 is 2.07 bits per heavy atom. The summed E-state index contributed by atoms with van der Waals surface area (Å²) in [7, 11) is 1.98. The van der Waals surface area contributed by atoms with Crippen molar-refractivity contribution in [3.05, 3.63) is 59.7 Å². The smallest absolute Gasteiger partial charge is 0.246 e. The monoisotopic (exact) mass is 1280 g/mol. The number of H-pyrrole nitrogens is 1. The highest BCUT2D eigenvalue weighted by atomic mass is 32.2. The zero-order chi connectivity index (χ0) is 65.3. The van der Waals surface area contributed by atoms with Crippen molar-refractivity contribution in [3.8, 4) is 0 Å². The number of aromatic amines is 1. The molecular formula is C58H82N14O15S2. The number of aldehydes is 1. The van der Waals surface area contributed by atoms with E-state index in [-0.39, 0.29) is 44.8 Å². The molecule has 0 bridgehead atoms. The maximum Gasteiger partial charge on any atom is 0.246 e. The van der Waals surface area contributed by atoms with Crippen LogP contribution in [0.5, 0.6) is 0 Å². The summed E-state index contributed by atoms with van der Waals surface area (Å²) in [5, 5.41) is 49.3. The molecule has 14 N–H and O–H groups in total. The third kappa shape index (κ3) is 22.9. The minimum absolute atomic E-state index is 0.00247. The summed E-state index contributed by atoms with van der Waals surface area (Å²) in [4.78, 5) is 173. The van der Waals surface area contributed by atoms with Crippen LogP contribution in [0.25, 0.3) is 10.9 Å². The second kappa shape index (κ2) is 35.9. The van der Waals surface area contributed by atoms with Crippen molar-refractivity contribution in [2.45, 2.75) is 131 Å². The van der Waals surface area contributed by atoms with Crippen LogP contribution in [0.2, 0.25) is 0 Å². The van der Waals surface area contributed by atoms with Gasteiger partial charge in [-0.05, 0) is 81.3 Å². The lowest BCUT2D eigenvalue weighted by molar-refractivity contribution is -0.139. The predicted molar refractivity (Wildman–Crippen MR) is 330 cm³/mol. The first kappa shape index (κ1) is 71.8. The number of rotatable bonds is 36. The summed E-state index contributed by atoms with van der Waals surface area (Å²) >= 11 is 5.44. The van der Waals surface area contributed by atoms with Crippen LogP contribution >= 0.6 is 24.4 Å². The number of carbonyl (C=O) groups excluding carboxylic acids is 13. The molecule has 2 aliphatic heterocycles. The maximum absolute atomic E-state index is 14.1. The third-order valence-electron chi connectivity index (χ3n) is 15.1. The molecule has 31 heteroatoms. The van der Waals surface area contributed by atoms with Crippen LogP contribution in [0.4, 0.5) is 5.69 Å². The van der Waals surface area contributed by atoms with E-state index in [1.807, 2.05) is 37.6 Å². The number of fused-ring (bicyclic) bond motifs is 1. The fourth-order valence-corrected chi connectivity index (χ4v) is 10.6. The molecule has 29 nitrogen and oxygen atoms in total. The van der Waals surface area contributed by atoms with Crippen molar-refractivity contribution >= 4 is 118 Å². The van der Waals surface area contributed by atoms with Gasteiger partial charge in [0.15, 0.2) is 0 Å². The van der Waals surface area contributed by atoms with Gasteiger partial charge in [0, 0.05) is 61.5 Å². The summed E-state index contributed by atoms with van der Waals surface area (Å²) < 4.78 is 0. The Morgan fingerprint density at radius 2 is 1.43 bits per heavy atom. The van der Waals surface area contributed by atoms with Gasteiger partial charge in [-0.15, -0.1) is 11.8 Å². The van der Waals surface area contributed by atoms with Crippen molar-refractivity contribution in [1.82, 2.24) is 68.0 Å². The molecule has 89 heavy (non-hydrogen) atoms. The number of hydrogen-bond donors (Lipinski definition) is 15. The molecule has 0 saturated carbocycles. The number of benzene rings is 2. The van der Waals surface area contributed by atoms with Gasteiger partial charge in [-0.1, -0.05) is 50.6 Å². The Balaban J connectivity index is 1.03. The number of nitrogens with one attached hydrogen (secondary N) is 12. The van der Waals surface area contributed by atoms with Gasteiger partial charge in [-0.25, -0.2) is 0 Å². The van der Waals surface area contributed by atoms with Crippen LogP contribution in [0.15, 0.2) is 53.6 Å². The molecule has 9 atom stereocenters. The number of aliphatic hydroxyl groups excluding tert-OH is 2. The number of hydrogen-bond acceptors (Lipinski definition) is 19. The zero-order valence-corrected chi connectivity index (χ0v) is 52.1. The number of para-hydroxylation sites is 1. The molecular weight excluding hydrogens is 1200 g/mol. The van der Waals surface area contributed by atoms with E-state index in [0.29, 0.717) is 30.5 Å². The Bertz CT molecular complexity index is 3020. The number of thioether (sulfide) groups is 1. The van der Waals surface area contributed by atoms with E-state index in [1.165, 1.54) is 18.7 Å². The molecule has 486 valence electrons. The molecule has 1 aromatic heterocycles. The molecule has 12 amide bonds. The first-order valence-electron chi connectivity index (χ1n) is 29.2. The first-order chi connectivity index (χ1) is 42.4. The molecule has 0 spiro atoms. The van der Waals surface area contributed by atoms with Gasteiger partial charge in [0.25, 0.3) is 0 Å². The molecule has 2 saturated heterocycles. The number of carbonyl (C=O) groups is 13. The van der Waals surface area contributed by atoms with Crippen molar-refractivity contribution in [1.29, 1.82) is 0 Å². The van der Waals surface area contributed by atoms with Crippen LogP contribution in [0, 0.1) is 5.92 Å². The van der Waals surface area contributed by atoms with Gasteiger partial charge in [-0.3, -0.25) is 62.4 Å². The molecule has 2 aromatic carbocycles. The van der Waals surface area contributed by atoms with Crippen molar-refractivity contribution in [3.63, 3.8) is 0 Å². The average Bonchev–Trinajstić information content (AvgIpc) is 2.23. The van der Waals surface area contributed by atoms with E-state index in [1.54, 1.807) is 38.1 Å². The van der Waals surface area contributed by atoms with E-state index >= 15 is 0 Å². The van der Waals surface area contributed by atoms with Gasteiger partial charge in [0.2, 0.25) is 70.9 Å². The summed E-state index contributed by atoms with van der Waals surface area (Å²) in [5.41, 5.74) is 2.49. The molecule has 1 unspecified atom stereocenters. The fraction of sp³-hybridized carbons (Fsp3) is 0.534. The van der Waals surface area contributed by atoms with Crippen LogP contribution in [-0.2, 0) is 75.3 Å². The summed E-state index contributed by atoms with van der Waals surface area (Å²) in [5.74, 6) is -8.29. The number of likely N-dealkylation sites (tertiary alicyclic amines) is 2. The molecule has 3 heterocycles. The number of aliphatic hydroxyl groups is 2. The Kier molecular flexibility index (Phi) is 28.9. The van der Waals surface area contributed by atoms with E-state index in [4.69, 9.17) is 0 Å². The second-order valence-corrected chi connectivity index (χ2v) is 23.2. The normalized spacial score (nSPS) is 17.2. The summed E-state index contributed by atoms with van der Waals surface area (Å²) in [6.07, 6.45) is 2.40. The Hall–Kier alpha value is -7.97. The van der Waals surface area contributed by atoms with E-state index in [0.717, 1.165) is 45.8 Å². The lowest BCUT2D eigenvalue weighted by atomic mass is 9.98. The number of aromatic nitrogens is 1. The topological polar surface area (TPSA) is 417 Å². The summed E-state index contributed by atoms with van der Waals surface area (Å²) in [6, 6.07) is 8.17. The lowest BCUT2D eigenvalue weighted by Gasteiger charge is -2.27. The Labute approximate surface area is 524 Å². The van der Waals surface area contributed by atoms with Crippen LogP contribution in [0.3, 0.4) is 0 Å². The van der Waals surface area contributed by atoms with Gasteiger partial charge in [-0.2, -0.15) is 12.6 Å². The van der Waals surface area contributed by atoms with E-state index in [9.17, 15) is 72.5 Å². The quantitative estimate of drug-likeness (QED) is 0.0119. The van der Waals surface area contributed by atoms with Gasteiger partial charge in [0.1, 0.15) is 24.4 Å². The van der Waals surface area contributed by atoms with Gasteiger partial charge >= 0.3 is 0 Å². The molecule has 5 rings (SSSR count). The highest BCUT2D eigenvalue weighted by Gasteiger charge is 2.37. The second-order valence-electron chi connectivity index (χ2n) is 21.8. The minimum atomic E-state index is -1.28. The van der Waals surface area contributed by atoms with Gasteiger partial charge in [0.05, 0.1) is 67.7 Å². The molecule has 0 aliphatic carbocycles. The molecule has 2 aliphatic rings. The number of anilines is 1. The predicted octanol–water partition coefficient (Wildman–Crippen LogP) is -3.01. The number of nitrogens with zero attached hydrogens (tertiary/aromatic N) is 2. The van der Waals surface area contributed by atoms with Crippen LogP contribution in [-0.4, -0.2) is 215 Å². The maximum atomic E-state index is 14.1. The summed E-state index contributed by atoms with van der Waals surface area (Å²) in [6.45, 7) is 3.14. The fourth-order valence-electron chi connectivity index (χ4n) is 9.68. The van der Waals surface area contributed by atoms with Crippen LogP contribution < -0.4 is 58.5 Å². The highest BCUT2D eigenvalue weighted by molar-refractivity contribution is 7.98. The van der Waals surface area contributed by atoms with Gasteiger partial charge < -0.3 is 83.4 Å². The average molecular weight is 1280 g/mol. The van der Waals surface area contributed by atoms with Crippen molar-refractivity contribution < 1.29 is 72.5 Å². The number of amides is 12. The highest BCUT2D eigenvalue weighted by Crippen LogP contribution is 2.30. The molecule has 0 radical (unpaired) electrons. The number of likely N-dealkylation sites (N-methyl/N-ethyl adjacent to an activating group) is 1. The van der Waals surface area contributed by atoms with E-state index < -0.39 is 158 Å². The third-order valence-corrected chi connectivity index (χ3v) is 16.2. The van der Waals surface area contributed by atoms with Crippen molar-refractivity contribution in [2.75, 3.05) is 71.0 Å². The van der Waals surface area contributed by atoms with E-state index in [2.05, 4.69) is 81.0 Å². The lowest BCUT2D eigenvalue weighted by Crippen LogP contribution is -2.57. The SMILES string of the molecule is CC[C@H](C)[C@H](NC(=O)CNC(=O)[C@H](Cc1c(SC)[nH]c2ccccc12)NC(=O)[C@H](C[C@@H](O)CO)NC[C@@H]1CCCN1C)C(=O)NCC(=O)NCC(=O)N[C@H](C=O)CC(=O)NCc1ccc(NC(=O)[C@H](C)NC(=O)CNC(=O)CCN2C(=O)CC(S)C2=O)cc1. The molecule has 3 aromatic rings. The van der Waals surface area contributed by atoms with Crippen molar-refractivity contribution in [2.24, 2.45) is 5.92 Å². The minimum Gasteiger partial charge on any atom is -0.394 e. The molecule has 2 fully saturated rings.